The van der Waals surface area contributed by atoms with E-state index in [-0.39, 0.29) is 6.61 Å². The lowest BCUT2D eigenvalue weighted by Gasteiger charge is -2.23. The van der Waals surface area contributed by atoms with E-state index in [9.17, 15) is 13.2 Å². The Balaban J connectivity index is 2.04. The van der Waals surface area contributed by atoms with E-state index < -0.39 is 22.5 Å². The topological polar surface area (TPSA) is 112 Å². The van der Waals surface area contributed by atoms with Crippen molar-refractivity contribution in [2.24, 2.45) is 5.10 Å². The molecule has 0 radical (unpaired) electrons. The van der Waals surface area contributed by atoms with Gasteiger partial charge in [0.15, 0.2) is 6.61 Å². The molecule has 0 fully saturated rings. The predicted molar refractivity (Wildman–Crippen MR) is 112 cm³/mol. The first-order valence-electron chi connectivity index (χ1n) is 8.36. The number of hydrogen-bond donors (Lipinski definition) is 1. The molecule has 0 unspecified atom stereocenters. The Morgan fingerprint density at radius 2 is 2.00 bits per heavy atom. The SMILES string of the molecule is Cc1ccc(Cl)cc1N(CC(=O)N/N=C\c1ccc(OCC#N)cc1)S(C)(=O)=O. The summed E-state index contributed by atoms with van der Waals surface area (Å²) in [5.41, 5.74) is 3.97. The lowest BCUT2D eigenvalue weighted by atomic mass is 10.2. The van der Waals surface area contributed by atoms with Crippen LogP contribution in [0.2, 0.25) is 5.02 Å². The number of carbonyl (C=O) groups is 1. The third kappa shape index (κ3) is 6.78. The fraction of sp³-hybridized carbons (Fsp3) is 0.211. The van der Waals surface area contributed by atoms with Gasteiger partial charge in [-0.25, -0.2) is 13.8 Å². The van der Waals surface area contributed by atoms with Crippen molar-refractivity contribution in [3.63, 3.8) is 0 Å². The highest BCUT2D eigenvalue weighted by Gasteiger charge is 2.22. The van der Waals surface area contributed by atoms with Gasteiger partial charge in [-0.3, -0.25) is 9.10 Å². The van der Waals surface area contributed by atoms with Gasteiger partial charge >= 0.3 is 0 Å². The third-order valence-corrected chi connectivity index (χ3v) is 5.08. The zero-order valence-electron chi connectivity index (χ0n) is 15.8. The van der Waals surface area contributed by atoms with Crippen LogP contribution in [0.15, 0.2) is 47.6 Å². The number of anilines is 1. The van der Waals surface area contributed by atoms with Gasteiger partial charge in [0.1, 0.15) is 18.4 Å². The number of halogens is 1. The normalized spacial score (nSPS) is 11.1. The van der Waals surface area contributed by atoms with Gasteiger partial charge in [0.2, 0.25) is 10.0 Å². The maximum absolute atomic E-state index is 12.2. The van der Waals surface area contributed by atoms with Crippen LogP contribution in [0.1, 0.15) is 11.1 Å². The summed E-state index contributed by atoms with van der Waals surface area (Å²) in [6.07, 6.45) is 2.42. The summed E-state index contributed by atoms with van der Waals surface area (Å²) >= 11 is 5.97. The first-order valence-corrected chi connectivity index (χ1v) is 10.6. The minimum absolute atomic E-state index is 0.0492. The van der Waals surface area contributed by atoms with Crippen molar-refractivity contribution in [3.8, 4) is 11.8 Å². The number of benzene rings is 2. The van der Waals surface area contributed by atoms with Crippen LogP contribution >= 0.6 is 11.6 Å². The quantitative estimate of drug-likeness (QED) is 0.506. The highest BCUT2D eigenvalue weighted by molar-refractivity contribution is 7.92. The number of amides is 1. The van der Waals surface area contributed by atoms with Crippen LogP contribution in [0.4, 0.5) is 5.69 Å². The number of hydrazone groups is 1. The van der Waals surface area contributed by atoms with E-state index in [0.29, 0.717) is 27.6 Å². The maximum atomic E-state index is 12.2. The molecule has 0 spiro atoms. The van der Waals surface area contributed by atoms with Crippen molar-refractivity contribution in [2.45, 2.75) is 6.92 Å². The summed E-state index contributed by atoms with van der Waals surface area (Å²) in [5.74, 6) is -0.0755. The van der Waals surface area contributed by atoms with Crippen molar-refractivity contribution in [1.82, 2.24) is 5.43 Å². The largest absolute Gasteiger partial charge is 0.479 e. The molecule has 0 aliphatic heterocycles. The Hall–Kier alpha value is -3.09. The van der Waals surface area contributed by atoms with Gasteiger partial charge in [-0.15, -0.1) is 0 Å². The maximum Gasteiger partial charge on any atom is 0.260 e. The number of sulfonamides is 1. The van der Waals surface area contributed by atoms with E-state index in [1.807, 2.05) is 6.07 Å². The van der Waals surface area contributed by atoms with Crippen LogP contribution in [0.5, 0.6) is 5.75 Å². The number of nitriles is 1. The zero-order chi connectivity index (χ0) is 21.4. The number of ether oxygens (including phenoxy) is 1. The Labute approximate surface area is 174 Å². The van der Waals surface area contributed by atoms with Gasteiger partial charge < -0.3 is 4.74 Å². The van der Waals surface area contributed by atoms with Gasteiger partial charge in [-0.2, -0.15) is 10.4 Å². The molecule has 0 heterocycles. The fourth-order valence-corrected chi connectivity index (χ4v) is 3.41. The molecule has 0 bridgehead atoms. The molecule has 0 atom stereocenters. The van der Waals surface area contributed by atoms with Crippen molar-refractivity contribution in [1.29, 1.82) is 5.26 Å². The van der Waals surface area contributed by atoms with Gasteiger partial charge in [-0.05, 0) is 54.4 Å². The van der Waals surface area contributed by atoms with Crippen molar-refractivity contribution < 1.29 is 17.9 Å². The monoisotopic (exact) mass is 434 g/mol. The molecule has 1 N–H and O–H groups in total. The molecule has 0 aromatic heterocycles. The Kier molecular flexibility index (Phi) is 7.59. The van der Waals surface area contributed by atoms with Crippen LogP contribution in [0.3, 0.4) is 0 Å². The molecule has 10 heteroatoms. The average molecular weight is 435 g/mol. The first kappa shape index (κ1) is 22.2. The van der Waals surface area contributed by atoms with Gasteiger partial charge in [0.05, 0.1) is 18.2 Å². The summed E-state index contributed by atoms with van der Waals surface area (Å²) < 4.78 is 30.4. The molecule has 0 saturated carbocycles. The number of nitrogens with one attached hydrogen (secondary N) is 1. The number of rotatable bonds is 8. The molecule has 8 nitrogen and oxygen atoms in total. The molecule has 0 aliphatic rings. The Morgan fingerprint density at radius 3 is 2.62 bits per heavy atom. The Bertz CT molecular complexity index is 1050. The summed E-state index contributed by atoms with van der Waals surface area (Å²) in [6.45, 7) is 1.23. The van der Waals surface area contributed by atoms with Crippen LogP contribution in [-0.4, -0.2) is 39.9 Å². The lowest BCUT2D eigenvalue weighted by Crippen LogP contribution is -2.39. The lowest BCUT2D eigenvalue weighted by molar-refractivity contribution is -0.119. The van der Waals surface area contributed by atoms with E-state index in [4.69, 9.17) is 21.6 Å². The summed E-state index contributed by atoms with van der Waals surface area (Å²) in [4.78, 5) is 12.2. The smallest absolute Gasteiger partial charge is 0.260 e. The molecule has 2 aromatic carbocycles. The van der Waals surface area contributed by atoms with Crippen LogP contribution in [0.25, 0.3) is 0 Å². The van der Waals surface area contributed by atoms with Gasteiger partial charge in [0.25, 0.3) is 5.91 Å². The molecule has 0 saturated heterocycles. The summed E-state index contributed by atoms with van der Waals surface area (Å²) in [5, 5.41) is 12.7. The van der Waals surface area contributed by atoms with E-state index in [1.165, 1.54) is 12.3 Å². The average Bonchev–Trinajstić information content (AvgIpc) is 2.66. The first-order chi connectivity index (χ1) is 13.7. The number of hydrogen-bond acceptors (Lipinski definition) is 6. The Morgan fingerprint density at radius 1 is 1.31 bits per heavy atom. The second-order valence-electron chi connectivity index (χ2n) is 6.01. The molecular formula is C19H19ClN4O4S. The molecular weight excluding hydrogens is 416 g/mol. The minimum Gasteiger partial charge on any atom is -0.479 e. The van der Waals surface area contributed by atoms with E-state index in [0.717, 1.165) is 10.6 Å². The van der Waals surface area contributed by atoms with Crippen LogP contribution < -0.4 is 14.5 Å². The second kappa shape index (κ2) is 9.91. The molecule has 152 valence electrons. The van der Waals surface area contributed by atoms with Crippen molar-refractivity contribution >= 4 is 39.4 Å². The molecule has 2 aromatic rings. The summed E-state index contributed by atoms with van der Waals surface area (Å²) in [7, 11) is -3.72. The zero-order valence-corrected chi connectivity index (χ0v) is 17.4. The van der Waals surface area contributed by atoms with Gasteiger partial charge in [0, 0.05) is 5.02 Å². The molecule has 2 rings (SSSR count). The number of nitrogens with zero attached hydrogens (tertiary/aromatic N) is 3. The van der Waals surface area contributed by atoms with Crippen molar-refractivity contribution in [3.05, 3.63) is 58.6 Å². The highest BCUT2D eigenvalue weighted by atomic mass is 35.5. The number of aryl methyl sites for hydroxylation is 1. The number of carbonyl (C=O) groups excluding carboxylic acids is 1. The summed E-state index contributed by atoms with van der Waals surface area (Å²) in [6, 6.07) is 13.4. The van der Waals surface area contributed by atoms with Gasteiger partial charge in [-0.1, -0.05) is 17.7 Å². The predicted octanol–water partition coefficient (Wildman–Crippen LogP) is 2.47. The van der Waals surface area contributed by atoms with Crippen molar-refractivity contribution in [2.75, 3.05) is 23.7 Å². The highest BCUT2D eigenvalue weighted by Crippen LogP contribution is 2.26. The van der Waals surface area contributed by atoms with E-state index in [1.54, 1.807) is 43.3 Å². The molecule has 29 heavy (non-hydrogen) atoms. The molecule has 1 amide bonds. The van der Waals surface area contributed by atoms with E-state index >= 15 is 0 Å². The van der Waals surface area contributed by atoms with Crippen LogP contribution in [-0.2, 0) is 14.8 Å². The third-order valence-electron chi connectivity index (χ3n) is 3.71. The second-order valence-corrected chi connectivity index (χ2v) is 8.35. The minimum atomic E-state index is -3.72. The fourth-order valence-electron chi connectivity index (χ4n) is 2.34. The molecule has 0 aliphatic carbocycles. The van der Waals surface area contributed by atoms with Crippen LogP contribution in [0, 0.1) is 18.3 Å². The standard InChI is InChI=1S/C19H19ClN4O4S/c1-14-3-6-16(20)11-18(14)24(29(2,26)27)13-19(25)23-22-12-15-4-7-17(8-5-15)28-10-9-21/h3-8,11-12H,10,13H2,1-2H3,(H,23,25)/b22-12-. The van der Waals surface area contributed by atoms with E-state index in [2.05, 4.69) is 10.5 Å².